The van der Waals surface area contributed by atoms with Gasteiger partial charge >= 0.3 is 0 Å². The molecular weight excluding hydrogens is 394 g/mol. The van der Waals surface area contributed by atoms with Gasteiger partial charge in [0.1, 0.15) is 0 Å². The van der Waals surface area contributed by atoms with Gasteiger partial charge < -0.3 is 16.2 Å². The van der Waals surface area contributed by atoms with Gasteiger partial charge in [-0.15, -0.1) is 0 Å². The molecule has 2 aromatic carbocycles. The second-order valence-electron chi connectivity index (χ2n) is 6.46. The van der Waals surface area contributed by atoms with Gasteiger partial charge in [0, 0.05) is 13.7 Å². The minimum Gasteiger partial charge on any atom is -0.400 e. The van der Waals surface area contributed by atoms with Crippen molar-refractivity contribution in [1.29, 1.82) is 0 Å². The van der Waals surface area contributed by atoms with Gasteiger partial charge in [-0.2, -0.15) is 0 Å². The van der Waals surface area contributed by atoms with Crippen LogP contribution in [0.4, 0.5) is 11.4 Å². The summed E-state index contributed by atoms with van der Waals surface area (Å²) in [6.45, 7) is 0.431. The zero-order valence-corrected chi connectivity index (χ0v) is 17.0. The molecule has 10 heteroatoms. The molecule has 0 aromatic heterocycles. The van der Waals surface area contributed by atoms with Crippen LogP contribution in [-0.4, -0.2) is 38.3 Å². The maximum Gasteiger partial charge on any atom is 0.238 e. The fourth-order valence-corrected chi connectivity index (χ4v) is 3.66. The third kappa shape index (κ3) is 6.16. The molecule has 0 amide bonds. The van der Waals surface area contributed by atoms with Crippen molar-refractivity contribution in [2.24, 2.45) is 15.9 Å². The van der Waals surface area contributed by atoms with Crippen LogP contribution in [0.25, 0.3) is 0 Å². The smallest absolute Gasteiger partial charge is 0.238 e. The number of hydrogen-bond acceptors (Lipinski definition) is 6. The fraction of sp³-hybridized carbons (Fsp3) is 0.316. The summed E-state index contributed by atoms with van der Waals surface area (Å²) in [5.74, 6) is 0.241. The number of primary sulfonamides is 1. The van der Waals surface area contributed by atoms with Gasteiger partial charge in [0.15, 0.2) is 5.96 Å². The fourth-order valence-electron chi connectivity index (χ4n) is 3.15. The molecule has 0 aliphatic heterocycles. The summed E-state index contributed by atoms with van der Waals surface area (Å²) in [5, 5.41) is 24.4. The molecular formula is C19H27N5O4S. The van der Waals surface area contributed by atoms with Crippen molar-refractivity contribution in [3.05, 3.63) is 53.1 Å². The molecule has 0 fully saturated rings. The van der Waals surface area contributed by atoms with Crippen molar-refractivity contribution in [2.45, 2.75) is 30.6 Å². The van der Waals surface area contributed by atoms with E-state index in [0.29, 0.717) is 24.3 Å². The lowest BCUT2D eigenvalue weighted by Gasteiger charge is -2.13. The van der Waals surface area contributed by atoms with Crippen LogP contribution in [0.2, 0.25) is 0 Å². The van der Waals surface area contributed by atoms with E-state index in [1.807, 2.05) is 12.1 Å². The number of nitrogens with one attached hydrogen (secondary N) is 2. The number of hydrogen-bond donors (Lipinski definition) is 6. The summed E-state index contributed by atoms with van der Waals surface area (Å²) in [6, 6.07) is 10.3. The number of aryl methyl sites for hydroxylation is 2. The zero-order chi connectivity index (χ0) is 21.4. The molecule has 2 aromatic rings. The molecule has 29 heavy (non-hydrogen) atoms. The van der Waals surface area contributed by atoms with Gasteiger partial charge in [-0.25, -0.2) is 13.6 Å². The number of anilines is 2. The molecule has 0 saturated carbocycles. The predicted octanol–water partition coefficient (Wildman–Crippen LogP) is 1.20. The van der Waals surface area contributed by atoms with Crippen LogP contribution < -0.4 is 21.7 Å². The molecule has 1 aliphatic rings. The molecule has 1 aliphatic carbocycles. The number of fused-ring (bicyclic) bond motifs is 1. The average molecular weight is 422 g/mol. The van der Waals surface area contributed by atoms with E-state index in [1.165, 1.54) is 23.3 Å². The summed E-state index contributed by atoms with van der Waals surface area (Å²) >= 11 is 0. The molecule has 0 atom stereocenters. The number of sulfonamides is 1. The standard InChI is InChI=1S/C18H23N5O3S.CH4O/c19-18(21-9-8-12-4-6-15(7-5-12)27(20,25)26)22-16-10-13-2-1-3-14(13)11-17(16)23-24;1-2/h4-7,10-11,23-24H,1-3,8-9H2,(H3,19,21,22)(H2,20,25,26);2H,1H3. The molecule has 0 radical (unpaired) electrons. The highest BCUT2D eigenvalue weighted by Crippen LogP contribution is 2.31. The van der Waals surface area contributed by atoms with Gasteiger partial charge in [-0.05, 0) is 66.6 Å². The van der Waals surface area contributed by atoms with E-state index in [4.69, 9.17) is 16.0 Å². The van der Waals surface area contributed by atoms with Crippen LogP contribution in [0.1, 0.15) is 23.1 Å². The lowest BCUT2D eigenvalue weighted by atomic mass is 10.1. The van der Waals surface area contributed by atoms with Crippen LogP contribution in [0.5, 0.6) is 0 Å². The SMILES string of the molecule is CO.NC(=NCCc1ccc(S(N)(=O)=O)cc1)Nc1cc2c(cc1NO)CCC2. The molecule has 8 N–H and O–H groups in total. The highest BCUT2D eigenvalue weighted by molar-refractivity contribution is 7.89. The third-order valence-electron chi connectivity index (χ3n) is 4.55. The van der Waals surface area contributed by atoms with E-state index in [9.17, 15) is 13.6 Å². The quantitative estimate of drug-likeness (QED) is 0.232. The molecule has 158 valence electrons. The zero-order valence-electron chi connectivity index (χ0n) is 16.2. The van der Waals surface area contributed by atoms with Crippen molar-refractivity contribution in [2.75, 3.05) is 24.5 Å². The van der Waals surface area contributed by atoms with Crippen LogP contribution in [0.15, 0.2) is 46.3 Å². The van der Waals surface area contributed by atoms with Crippen LogP contribution in [0, 0.1) is 0 Å². The second-order valence-corrected chi connectivity index (χ2v) is 8.02. The topological polar surface area (TPSA) is 163 Å². The summed E-state index contributed by atoms with van der Waals surface area (Å²) in [5.41, 5.74) is 12.8. The van der Waals surface area contributed by atoms with Crippen LogP contribution >= 0.6 is 0 Å². The normalized spacial score (nSPS) is 13.3. The van der Waals surface area contributed by atoms with E-state index in [-0.39, 0.29) is 10.9 Å². The molecule has 0 unspecified atom stereocenters. The minimum absolute atomic E-state index is 0.0802. The lowest BCUT2D eigenvalue weighted by molar-refractivity contribution is 0.389. The summed E-state index contributed by atoms with van der Waals surface area (Å²) in [7, 11) is -2.68. The molecule has 0 bridgehead atoms. The van der Waals surface area contributed by atoms with Crippen molar-refractivity contribution >= 4 is 27.4 Å². The number of aliphatic imine (C=N–C) groups is 1. The van der Waals surface area contributed by atoms with Gasteiger partial charge in [-0.3, -0.25) is 15.7 Å². The number of nitrogens with zero attached hydrogens (tertiary/aromatic N) is 1. The van der Waals surface area contributed by atoms with Crippen LogP contribution in [0.3, 0.4) is 0 Å². The maximum atomic E-state index is 11.3. The Kier molecular flexibility index (Phi) is 7.97. The number of rotatable bonds is 6. The van der Waals surface area contributed by atoms with Crippen molar-refractivity contribution in [3.63, 3.8) is 0 Å². The molecule has 0 heterocycles. The minimum atomic E-state index is -3.68. The number of aliphatic hydroxyl groups is 1. The Hall–Kier alpha value is -2.66. The third-order valence-corrected chi connectivity index (χ3v) is 5.48. The first-order chi connectivity index (χ1) is 13.9. The van der Waals surface area contributed by atoms with E-state index < -0.39 is 10.0 Å². The van der Waals surface area contributed by atoms with Crippen molar-refractivity contribution < 1.29 is 18.7 Å². The van der Waals surface area contributed by atoms with Crippen molar-refractivity contribution in [3.8, 4) is 0 Å². The monoisotopic (exact) mass is 421 g/mol. The average Bonchev–Trinajstić information content (AvgIpc) is 3.16. The number of aliphatic hydroxyl groups excluding tert-OH is 1. The van der Waals surface area contributed by atoms with Gasteiger partial charge in [0.25, 0.3) is 0 Å². The Balaban J connectivity index is 0.00000145. The Morgan fingerprint density at radius 3 is 2.24 bits per heavy atom. The lowest BCUT2D eigenvalue weighted by Crippen LogP contribution is -2.23. The molecule has 3 rings (SSSR count). The maximum absolute atomic E-state index is 11.3. The van der Waals surface area contributed by atoms with E-state index >= 15 is 0 Å². The molecule has 0 spiro atoms. The summed E-state index contributed by atoms with van der Waals surface area (Å²) < 4.78 is 22.5. The van der Waals surface area contributed by atoms with Gasteiger partial charge in [0.2, 0.25) is 10.0 Å². The predicted molar refractivity (Wildman–Crippen MR) is 114 cm³/mol. The molecule has 9 nitrogen and oxygen atoms in total. The number of guanidine groups is 1. The number of benzene rings is 2. The first-order valence-corrected chi connectivity index (χ1v) is 10.6. The number of nitrogens with two attached hydrogens (primary N) is 2. The Morgan fingerprint density at radius 1 is 1.10 bits per heavy atom. The molecule has 0 saturated heterocycles. The van der Waals surface area contributed by atoms with E-state index in [1.54, 1.807) is 12.1 Å². The Bertz CT molecular complexity index is 959. The summed E-state index contributed by atoms with van der Waals surface area (Å²) in [4.78, 5) is 4.37. The largest absolute Gasteiger partial charge is 0.400 e. The van der Waals surface area contributed by atoms with E-state index in [2.05, 4.69) is 15.8 Å². The van der Waals surface area contributed by atoms with Gasteiger partial charge in [-0.1, -0.05) is 12.1 Å². The second kappa shape index (κ2) is 10.2. The van der Waals surface area contributed by atoms with Gasteiger partial charge in [0.05, 0.1) is 16.3 Å². The summed E-state index contributed by atoms with van der Waals surface area (Å²) in [6.07, 6.45) is 3.74. The first-order valence-electron chi connectivity index (χ1n) is 9.06. The Labute approximate surface area is 170 Å². The Morgan fingerprint density at radius 2 is 1.69 bits per heavy atom. The van der Waals surface area contributed by atoms with Crippen molar-refractivity contribution in [1.82, 2.24) is 0 Å². The highest BCUT2D eigenvalue weighted by atomic mass is 32.2. The van der Waals surface area contributed by atoms with Crippen LogP contribution in [-0.2, 0) is 29.3 Å². The first kappa shape index (κ1) is 22.6. The highest BCUT2D eigenvalue weighted by Gasteiger charge is 2.15. The van der Waals surface area contributed by atoms with E-state index in [0.717, 1.165) is 31.9 Å².